The van der Waals surface area contributed by atoms with Gasteiger partial charge in [-0.2, -0.15) is 0 Å². The lowest BCUT2D eigenvalue weighted by molar-refractivity contribution is -0.146. The number of ether oxygens (including phenoxy) is 2. The minimum absolute atomic E-state index is 0.0635. The summed E-state index contributed by atoms with van der Waals surface area (Å²) in [6.07, 6.45) is 0. The molecule has 3 aromatic rings. The highest BCUT2D eigenvalue weighted by atomic mass is 16.6. The van der Waals surface area contributed by atoms with Crippen LogP contribution in [0.1, 0.15) is 33.4 Å². The first-order valence-electron chi connectivity index (χ1n) is 8.12. The fourth-order valence-electron chi connectivity index (χ4n) is 2.65. The highest BCUT2D eigenvalue weighted by Gasteiger charge is 2.24. The number of rotatable bonds is 6. The van der Waals surface area contributed by atoms with Gasteiger partial charge in [0.25, 0.3) is 0 Å². The molecule has 0 aliphatic carbocycles. The number of furan rings is 1. The van der Waals surface area contributed by atoms with Crippen molar-refractivity contribution in [2.24, 2.45) is 0 Å². The Morgan fingerprint density at radius 1 is 0.885 bits per heavy atom. The van der Waals surface area contributed by atoms with E-state index >= 15 is 0 Å². The highest BCUT2D eigenvalue weighted by molar-refractivity contribution is 5.86. The summed E-state index contributed by atoms with van der Waals surface area (Å²) in [5.41, 5.74) is 1.69. The number of esters is 2. The van der Waals surface area contributed by atoms with Crippen LogP contribution >= 0.6 is 0 Å². The maximum Gasteiger partial charge on any atom is 0.373 e. The van der Waals surface area contributed by atoms with Gasteiger partial charge >= 0.3 is 11.9 Å². The molecule has 132 valence electrons. The van der Waals surface area contributed by atoms with Gasteiger partial charge < -0.3 is 13.9 Å². The van der Waals surface area contributed by atoms with Crippen molar-refractivity contribution in [2.45, 2.75) is 12.5 Å². The number of carbonyl (C=O) groups is 2. The third kappa shape index (κ3) is 4.00. The Balaban J connectivity index is 1.76. The average molecular weight is 350 g/mol. The van der Waals surface area contributed by atoms with E-state index in [9.17, 15) is 9.59 Å². The van der Waals surface area contributed by atoms with Gasteiger partial charge in [0.15, 0.2) is 0 Å². The normalized spacial score (nSPS) is 10.5. The number of methoxy groups -OCH3 is 1. The van der Waals surface area contributed by atoms with Crippen molar-refractivity contribution >= 4 is 11.9 Å². The molecule has 0 spiro atoms. The van der Waals surface area contributed by atoms with Gasteiger partial charge in [-0.15, -0.1) is 0 Å². The number of benzene rings is 2. The third-order valence-corrected chi connectivity index (χ3v) is 3.91. The van der Waals surface area contributed by atoms with E-state index < -0.39 is 17.9 Å². The van der Waals surface area contributed by atoms with Crippen LogP contribution in [0.15, 0.2) is 77.2 Å². The van der Waals surface area contributed by atoms with Crippen LogP contribution in [-0.2, 0) is 20.9 Å². The second-order valence-corrected chi connectivity index (χ2v) is 5.62. The maximum atomic E-state index is 12.8. The van der Waals surface area contributed by atoms with Gasteiger partial charge in [0, 0.05) is 0 Å². The first-order valence-corrected chi connectivity index (χ1v) is 8.12. The van der Waals surface area contributed by atoms with E-state index in [0.717, 1.165) is 11.1 Å². The van der Waals surface area contributed by atoms with Gasteiger partial charge in [0.2, 0.25) is 5.76 Å². The number of hydrogen-bond acceptors (Lipinski definition) is 5. The maximum absolute atomic E-state index is 12.8. The molecular weight excluding hydrogens is 332 g/mol. The molecule has 0 N–H and O–H groups in total. The molecule has 0 atom stereocenters. The SMILES string of the molecule is COC(=O)c1ccc(COC(=O)C(c2ccccc2)c2ccccc2)o1. The molecule has 0 aliphatic rings. The summed E-state index contributed by atoms with van der Waals surface area (Å²) in [6.45, 7) is -0.0635. The topological polar surface area (TPSA) is 65.7 Å². The van der Waals surface area contributed by atoms with E-state index in [0.29, 0.717) is 5.76 Å². The zero-order chi connectivity index (χ0) is 18.4. The van der Waals surface area contributed by atoms with E-state index in [2.05, 4.69) is 4.74 Å². The lowest BCUT2D eigenvalue weighted by Crippen LogP contribution is -2.17. The van der Waals surface area contributed by atoms with Crippen molar-refractivity contribution < 1.29 is 23.5 Å². The Bertz CT molecular complexity index is 828. The average Bonchev–Trinajstić information content (AvgIpc) is 3.17. The fraction of sp³-hybridized carbons (Fsp3) is 0.143. The Hall–Kier alpha value is -3.34. The van der Waals surface area contributed by atoms with Crippen molar-refractivity contribution in [3.05, 3.63) is 95.4 Å². The molecule has 0 amide bonds. The molecule has 0 saturated carbocycles. The molecule has 0 bridgehead atoms. The summed E-state index contributed by atoms with van der Waals surface area (Å²) >= 11 is 0. The van der Waals surface area contributed by atoms with Crippen LogP contribution in [0, 0.1) is 0 Å². The first kappa shape index (κ1) is 17.5. The Kier molecular flexibility index (Phi) is 5.49. The molecule has 26 heavy (non-hydrogen) atoms. The lowest BCUT2D eigenvalue weighted by atomic mass is 9.91. The third-order valence-electron chi connectivity index (χ3n) is 3.91. The minimum Gasteiger partial charge on any atom is -0.463 e. The van der Waals surface area contributed by atoms with Crippen LogP contribution in [0.25, 0.3) is 0 Å². The van der Waals surface area contributed by atoms with Crippen LogP contribution in [0.2, 0.25) is 0 Å². The van der Waals surface area contributed by atoms with Crippen LogP contribution in [0.5, 0.6) is 0 Å². The van der Waals surface area contributed by atoms with Crippen LogP contribution in [-0.4, -0.2) is 19.0 Å². The van der Waals surface area contributed by atoms with Crippen molar-refractivity contribution in [2.75, 3.05) is 7.11 Å². The Labute approximate surface area is 151 Å². The van der Waals surface area contributed by atoms with Crippen molar-refractivity contribution in [3.63, 3.8) is 0 Å². The minimum atomic E-state index is -0.575. The van der Waals surface area contributed by atoms with Gasteiger partial charge in [-0.05, 0) is 23.3 Å². The number of carbonyl (C=O) groups excluding carboxylic acids is 2. The Morgan fingerprint density at radius 2 is 1.46 bits per heavy atom. The second-order valence-electron chi connectivity index (χ2n) is 5.62. The quantitative estimate of drug-likeness (QED) is 0.630. The Morgan fingerprint density at radius 3 is 2.00 bits per heavy atom. The summed E-state index contributed by atoms with van der Waals surface area (Å²) in [6, 6.07) is 22.0. The molecular formula is C21H18O5. The van der Waals surface area contributed by atoms with Gasteiger partial charge in [0.1, 0.15) is 18.3 Å². The highest BCUT2D eigenvalue weighted by Crippen LogP contribution is 2.26. The second kappa shape index (κ2) is 8.16. The standard InChI is InChI=1S/C21H18O5/c1-24-20(22)18-13-12-17(26-18)14-25-21(23)19(15-8-4-2-5-9-15)16-10-6-3-7-11-16/h2-13,19H,14H2,1H3. The molecule has 3 rings (SSSR count). The lowest BCUT2D eigenvalue weighted by Gasteiger charge is -2.16. The molecule has 0 fully saturated rings. The summed E-state index contributed by atoms with van der Waals surface area (Å²) in [4.78, 5) is 24.2. The van der Waals surface area contributed by atoms with Gasteiger partial charge in [0.05, 0.1) is 7.11 Å². The zero-order valence-corrected chi connectivity index (χ0v) is 14.3. The van der Waals surface area contributed by atoms with Crippen LogP contribution < -0.4 is 0 Å². The molecule has 1 heterocycles. The molecule has 0 aliphatic heterocycles. The molecule has 0 radical (unpaired) electrons. The summed E-state index contributed by atoms with van der Waals surface area (Å²) in [5, 5.41) is 0. The monoisotopic (exact) mass is 350 g/mol. The number of hydrogen-bond donors (Lipinski definition) is 0. The summed E-state index contributed by atoms with van der Waals surface area (Å²) < 4.78 is 15.4. The van der Waals surface area contributed by atoms with Crippen LogP contribution in [0.3, 0.4) is 0 Å². The molecule has 5 heteroatoms. The van der Waals surface area contributed by atoms with Gasteiger partial charge in [-0.1, -0.05) is 60.7 Å². The van der Waals surface area contributed by atoms with E-state index in [1.54, 1.807) is 6.07 Å². The summed E-state index contributed by atoms with van der Waals surface area (Å²) in [5.74, 6) is -1.06. The van der Waals surface area contributed by atoms with Gasteiger partial charge in [-0.25, -0.2) is 4.79 Å². The van der Waals surface area contributed by atoms with E-state index in [1.807, 2.05) is 60.7 Å². The zero-order valence-electron chi connectivity index (χ0n) is 14.3. The fourth-order valence-corrected chi connectivity index (χ4v) is 2.65. The first-order chi connectivity index (χ1) is 12.7. The van der Waals surface area contributed by atoms with E-state index in [4.69, 9.17) is 9.15 Å². The van der Waals surface area contributed by atoms with Crippen molar-refractivity contribution in [1.82, 2.24) is 0 Å². The molecule has 1 aromatic heterocycles. The smallest absolute Gasteiger partial charge is 0.373 e. The van der Waals surface area contributed by atoms with Crippen LogP contribution in [0.4, 0.5) is 0 Å². The van der Waals surface area contributed by atoms with Gasteiger partial charge in [-0.3, -0.25) is 4.79 Å². The molecule has 5 nitrogen and oxygen atoms in total. The van der Waals surface area contributed by atoms with Crippen molar-refractivity contribution in [1.29, 1.82) is 0 Å². The summed E-state index contributed by atoms with van der Waals surface area (Å²) in [7, 11) is 1.27. The van der Waals surface area contributed by atoms with Crippen molar-refractivity contribution in [3.8, 4) is 0 Å². The van der Waals surface area contributed by atoms with E-state index in [1.165, 1.54) is 13.2 Å². The molecule has 2 aromatic carbocycles. The molecule has 0 unspecified atom stereocenters. The largest absolute Gasteiger partial charge is 0.463 e. The predicted molar refractivity (Wildman–Crippen MR) is 94.6 cm³/mol. The predicted octanol–water partition coefficient (Wildman–Crippen LogP) is 3.94. The van der Waals surface area contributed by atoms with E-state index in [-0.39, 0.29) is 12.4 Å². The molecule has 0 saturated heterocycles.